The monoisotopic (exact) mass is 341 g/mol. The van der Waals surface area contributed by atoms with E-state index in [0.29, 0.717) is 13.1 Å². The Kier molecular flexibility index (Phi) is 6.83. The third-order valence-corrected chi connectivity index (χ3v) is 5.35. The second kappa shape index (κ2) is 8.63. The number of hydrogen-bond donors (Lipinski definition) is 2. The molecule has 0 aliphatic carbocycles. The quantitative estimate of drug-likeness (QED) is 0.754. The van der Waals surface area contributed by atoms with Gasteiger partial charge in [0.1, 0.15) is 5.75 Å². The molecule has 7 heteroatoms. The summed E-state index contributed by atoms with van der Waals surface area (Å²) in [5, 5.41) is 0. The van der Waals surface area contributed by atoms with Crippen LogP contribution in [0.3, 0.4) is 0 Å². The Morgan fingerprint density at radius 2 is 1.87 bits per heavy atom. The molecule has 1 aromatic rings. The number of hydrogen-bond acceptors (Lipinski definition) is 4. The van der Waals surface area contributed by atoms with E-state index in [1.54, 1.807) is 14.0 Å². The van der Waals surface area contributed by atoms with E-state index < -0.39 is 10.2 Å². The van der Waals surface area contributed by atoms with Crippen molar-refractivity contribution in [3.8, 4) is 5.75 Å². The lowest BCUT2D eigenvalue weighted by Crippen LogP contribution is -2.44. The Balaban J connectivity index is 2.21. The number of nitrogens with zero attached hydrogens (tertiary/aromatic N) is 1. The molecule has 130 valence electrons. The Morgan fingerprint density at radius 3 is 2.52 bits per heavy atom. The van der Waals surface area contributed by atoms with Crippen molar-refractivity contribution in [3.05, 3.63) is 29.8 Å². The molecule has 0 saturated carbocycles. The van der Waals surface area contributed by atoms with Crippen LogP contribution in [0.2, 0.25) is 0 Å². The molecule has 1 aliphatic rings. The molecule has 1 aromatic carbocycles. The second-order valence-electron chi connectivity index (χ2n) is 5.70. The maximum absolute atomic E-state index is 11.9. The summed E-state index contributed by atoms with van der Waals surface area (Å²) in [6.45, 7) is 4.42. The average Bonchev–Trinajstić information content (AvgIpc) is 2.56. The summed E-state index contributed by atoms with van der Waals surface area (Å²) >= 11 is 0. The normalized spacial score (nSPS) is 17.8. The van der Waals surface area contributed by atoms with Crippen molar-refractivity contribution in [2.45, 2.75) is 32.2 Å². The van der Waals surface area contributed by atoms with Gasteiger partial charge >= 0.3 is 0 Å². The Bertz CT molecular complexity index is 586. The summed E-state index contributed by atoms with van der Waals surface area (Å²) in [4.78, 5) is 2.34. The number of piperidine rings is 1. The lowest BCUT2D eigenvalue weighted by Gasteiger charge is -2.35. The van der Waals surface area contributed by atoms with Crippen LogP contribution in [0.15, 0.2) is 24.3 Å². The molecule has 2 rings (SSSR count). The Labute approximate surface area is 139 Å². The Hall–Kier alpha value is -1.15. The molecule has 1 unspecified atom stereocenters. The first kappa shape index (κ1) is 18.2. The summed E-state index contributed by atoms with van der Waals surface area (Å²) in [5.74, 6) is 0.797. The van der Waals surface area contributed by atoms with Crippen molar-refractivity contribution in [1.29, 1.82) is 0 Å². The molecule has 1 saturated heterocycles. The van der Waals surface area contributed by atoms with E-state index in [4.69, 9.17) is 4.74 Å². The maximum Gasteiger partial charge on any atom is 0.276 e. The van der Waals surface area contributed by atoms with Crippen LogP contribution in [0.1, 0.15) is 37.8 Å². The molecule has 0 bridgehead atoms. The third-order valence-electron chi connectivity index (χ3n) is 4.13. The minimum Gasteiger partial charge on any atom is -0.496 e. The van der Waals surface area contributed by atoms with Crippen LogP contribution in [0.5, 0.6) is 5.75 Å². The first-order valence-electron chi connectivity index (χ1n) is 8.18. The molecule has 1 fully saturated rings. The van der Waals surface area contributed by atoms with Crippen LogP contribution < -0.4 is 14.2 Å². The second-order valence-corrected chi connectivity index (χ2v) is 7.29. The zero-order chi connectivity index (χ0) is 16.7. The maximum atomic E-state index is 11.9. The summed E-state index contributed by atoms with van der Waals surface area (Å²) in [6, 6.07) is 7.80. The van der Waals surface area contributed by atoms with Gasteiger partial charge in [0.2, 0.25) is 0 Å². The van der Waals surface area contributed by atoms with Crippen molar-refractivity contribution in [2.24, 2.45) is 0 Å². The van der Waals surface area contributed by atoms with Gasteiger partial charge in [-0.25, -0.2) is 9.44 Å². The van der Waals surface area contributed by atoms with Crippen LogP contribution in [0, 0.1) is 0 Å². The minimum atomic E-state index is -3.46. The van der Waals surface area contributed by atoms with Crippen LogP contribution in [0.25, 0.3) is 0 Å². The van der Waals surface area contributed by atoms with Gasteiger partial charge in [-0.15, -0.1) is 0 Å². The first-order valence-corrected chi connectivity index (χ1v) is 9.67. The number of para-hydroxylation sites is 1. The fourth-order valence-corrected chi connectivity index (χ4v) is 3.90. The molecule has 6 nitrogen and oxygen atoms in total. The summed E-state index contributed by atoms with van der Waals surface area (Å²) in [7, 11) is -1.81. The van der Waals surface area contributed by atoms with Gasteiger partial charge in [0.05, 0.1) is 13.2 Å². The summed E-state index contributed by atoms with van der Waals surface area (Å²) in [6.07, 6.45) is 3.52. The number of benzene rings is 1. The van der Waals surface area contributed by atoms with Gasteiger partial charge in [-0.05, 0) is 32.0 Å². The van der Waals surface area contributed by atoms with Gasteiger partial charge < -0.3 is 4.74 Å². The average molecular weight is 341 g/mol. The molecular formula is C16H27N3O3S. The topological polar surface area (TPSA) is 70.7 Å². The summed E-state index contributed by atoms with van der Waals surface area (Å²) < 4.78 is 34.5. The van der Waals surface area contributed by atoms with Gasteiger partial charge in [-0.3, -0.25) is 4.90 Å². The fourth-order valence-electron chi connectivity index (χ4n) is 3.04. The van der Waals surface area contributed by atoms with Crippen LogP contribution in [0.4, 0.5) is 0 Å². The predicted octanol–water partition coefficient (Wildman–Crippen LogP) is 1.67. The lowest BCUT2D eigenvalue weighted by atomic mass is 10.0. The van der Waals surface area contributed by atoms with Crippen molar-refractivity contribution in [2.75, 3.05) is 33.3 Å². The number of likely N-dealkylation sites (tertiary alicyclic amines) is 1. The van der Waals surface area contributed by atoms with Gasteiger partial charge in [0, 0.05) is 18.7 Å². The summed E-state index contributed by atoms with van der Waals surface area (Å²) in [5.41, 5.74) is 1.02. The lowest BCUT2D eigenvalue weighted by molar-refractivity contribution is 0.162. The molecule has 1 atom stereocenters. The highest BCUT2D eigenvalue weighted by Gasteiger charge is 2.26. The van der Waals surface area contributed by atoms with Gasteiger partial charge in [-0.2, -0.15) is 8.42 Å². The fraction of sp³-hybridized carbons (Fsp3) is 0.625. The predicted molar refractivity (Wildman–Crippen MR) is 91.8 cm³/mol. The van der Waals surface area contributed by atoms with Crippen molar-refractivity contribution < 1.29 is 13.2 Å². The minimum absolute atomic E-state index is 0.0279. The zero-order valence-corrected chi connectivity index (χ0v) is 14.7. The molecule has 23 heavy (non-hydrogen) atoms. The largest absolute Gasteiger partial charge is 0.496 e. The standard InChI is InChI=1S/C16H27N3O3S/c1-3-17-23(20,21)18-13-15(19-11-7-4-8-12-19)14-9-5-6-10-16(14)22-2/h5-6,9-10,15,17-18H,3-4,7-8,11-13H2,1-2H3. The Morgan fingerprint density at radius 1 is 1.17 bits per heavy atom. The number of ether oxygens (including phenoxy) is 1. The molecule has 0 aromatic heterocycles. The van der Waals surface area contributed by atoms with E-state index in [0.717, 1.165) is 37.2 Å². The number of nitrogens with one attached hydrogen (secondary N) is 2. The third kappa shape index (κ3) is 5.17. The molecule has 0 radical (unpaired) electrons. The van der Waals surface area contributed by atoms with Crippen LogP contribution in [-0.4, -0.2) is 46.6 Å². The van der Waals surface area contributed by atoms with Gasteiger partial charge in [0.25, 0.3) is 10.2 Å². The van der Waals surface area contributed by atoms with E-state index >= 15 is 0 Å². The van der Waals surface area contributed by atoms with Crippen molar-refractivity contribution >= 4 is 10.2 Å². The molecular weight excluding hydrogens is 314 g/mol. The van der Waals surface area contributed by atoms with Crippen LogP contribution >= 0.6 is 0 Å². The van der Waals surface area contributed by atoms with E-state index in [1.807, 2.05) is 24.3 Å². The molecule has 1 heterocycles. The smallest absolute Gasteiger partial charge is 0.276 e. The first-order chi connectivity index (χ1) is 11.1. The molecule has 0 spiro atoms. The van der Waals surface area contributed by atoms with E-state index in [-0.39, 0.29) is 6.04 Å². The van der Waals surface area contributed by atoms with E-state index in [9.17, 15) is 8.42 Å². The molecule has 0 amide bonds. The van der Waals surface area contributed by atoms with E-state index in [2.05, 4.69) is 14.3 Å². The highest BCUT2D eigenvalue weighted by Crippen LogP contribution is 2.30. The van der Waals surface area contributed by atoms with Crippen molar-refractivity contribution in [3.63, 3.8) is 0 Å². The SMILES string of the molecule is CCNS(=O)(=O)NCC(c1ccccc1OC)N1CCCCC1. The van der Waals surface area contributed by atoms with E-state index in [1.165, 1.54) is 6.42 Å². The van der Waals surface area contributed by atoms with Gasteiger partial charge in [-0.1, -0.05) is 31.5 Å². The number of rotatable bonds is 8. The number of methoxy groups -OCH3 is 1. The van der Waals surface area contributed by atoms with Crippen LogP contribution in [-0.2, 0) is 10.2 Å². The van der Waals surface area contributed by atoms with Gasteiger partial charge in [0.15, 0.2) is 0 Å². The molecule has 1 aliphatic heterocycles. The zero-order valence-electron chi connectivity index (χ0n) is 13.9. The highest BCUT2D eigenvalue weighted by atomic mass is 32.2. The highest BCUT2D eigenvalue weighted by molar-refractivity contribution is 7.87. The molecule has 2 N–H and O–H groups in total. The van der Waals surface area contributed by atoms with Crippen molar-refractivity contribution in [1.82, 2.24) is 14.3 Å².